The second-order valence-electron chi connectivity index (χ2n) is 4.78. The van der Waals surface area contributed by atoms with Crippen LogP contribution in [0.15, 0.2) is 29.6 Å². The molecule has 2 N–H and O–H groups in total. The van der Waals surface area contributed by atoms with Gasteiger partial charge in [0.25, 0.3) is 0 Å². The molecular formula is C14H18N2OS. The number of benzene rings is 1. The molecule has 1 amide bonds. The van der Waals surface area contributed by atoms with Gasteiger partial charge >= 0.3 is 0 Å². The molecule has 0 aliphatic carbocycles. The summed E-state index contributed by atoms with van der Waals surface area (Å²) in [6.45, 7) is 6.53. The van der Waals surface area contributed by atoms with Gasteiger partial charge in [0, 0.05) is 10.4 Å². The van der Waals surface area contributed by atoms with Gasteiger partial charge in [-0.3, -0.25) is 4.79 Å². The smallest absolute Gasteiger partial charge is 0.244 e. The van der Waals surface area contributed by atoms with Crippen LogP contribution in [0.2, 0.25) is 0 Å². The van der Waals surface area contributed by atoms with E-state index in [1.807, 2.05) is 39.0 Å². The Morgan fingerprint density at radius 2 is 2.11 bits per heavy atom. The van der Waals surface area contributed by atoms with Crippen molar-refractivity contribution in [1.82, 2.24) is 5.32 Å². The summed E-state index contributed by atoms with van der Waals surface area (Å²) in [4.78, 5) is 12.1. The maximum absolute atomic E-state index is 12.1. The molecule has 0 saturated heterocycles. The van der Waals surface area contributed by atoms with E-state index in [-0.39, 0.29) is 5.91 Å². The first-order valence-corrected chi connectivity index (χ1v) is 6.94. The summed E-state index contributed by atoms with van der Waals surface area (Å²) in [5.41, 5.74) is 0.287. The molecule has 0 fully saturated rings. The molecule has 4 heteroatoms. The highest BCUT2D eigenvalue weighted by atomic mass is 32.1. The Morgan fingerprint density at radius 1 is 1.33 bits per heavy atom. The van der Waals surface area contributed by atoms with Crippen molar-refractivity contribution in [3.8, 4) is 0 Å². The predicted molar refractivity (Wildman–Crippen MR) is 78.2 cm³/mol. The number of thiophene rings is 1. The maximum Gasteiger partial charge on any atom is 0.244 e. The van der Waals surface area contributed by atoms with Crippen LogP contribution in [0.25, 0.3) is 10.1 Å². The molecule has 2 aromatic rings. The fourth-order valence-corrected chi connectivity index (χ4v) is 2.62. The molecule has 1 aromatic heterocycles. The lowest BCUT2D eigenvalue weighted by Gasteiger charge is -2.24. The zero-order valence-corrected chi connectivity index (χ0v) is 11.7. The number of anilines is 1. The standard InChI is InChI=1S/C14H18N2OS/c1-4-15-14(2,3)13(17)16-11-5-6-12-10(9-11)7-8-18-12/h5-9,15H,4H2,1-3H3,(H,16,17). The van der Waals surface area contributed by atoms with Crippen LogP contribution in [-0.2, 0) is 4.79 Å². The first-order valence-electron chi connectivity index (χ1n) is 6.06. The largest absolute Gasteiger partial charge is 0.324 e. The minimum absolute atomic E-state index is 0.0149. The van der Waals surface area contributed by atoms with Crippen molar-refractivity contribution in [3.05, 3.63) is 29.6 Å². The molecule has 1 aromatic carbocycles. The van der Waals surface area contributed by atoms with Gasteiger partial charge in [0.1, 0.15) is 0 Å². The van der Waals surface area contributed by atoms with Crippen LogP contribution in [0.5, 0.6) is 0 Å². The quantitative estimate of drug-likeness (QED) is 0.888. The van der Waals surface area contributed by atoms with Crippen molar-refractivity contribution in [1.29, 1.82) is 0 Å². The Hall–Kier alpha value is -1.39. The Kier molecular flexibility index (Phi) is 3.68. The van der Waals surface area contributed by atoms with Crippen molar-refractivity contribution >= 4 is 33.0 Å². The highest BCUT2D eigenvalue weighted by Crippen LogP contribution is 2.24. The van der Waals surface area contributed by atoms with E-state index in [1.54, 1.807) is 11.3 Å². The zero-order valence-electron chi connectivity index (χ0n) is 10.9. The third-order valence-electron chi connectivity index (χ3n) is 2.90. The highest BCUT2D eigenvalue weighted by molar-refractivity contribution is 7.17. The number of fused-ring (bicyclic) bond motifs is 1. The van der Waals surface area contributed by atoms with Crippen LogP contribution in [0.4, 0.5) is 5.69 Å². The molecule has 18 heavy (non-hydrogen) atoms. The average Bonchev–Trinajstić information content (AvgIpc) is 2.76. The summed E-state index contributed by atoms with van der Waals surface area (Å²) in [6.07, 6.45) is 0. The molecule has 3 nitrogen and oxygen atoms in total. The molecule has 0 unspecified atom stereocenters. The van der Waals surface area contributed by atoms with E-state index in [0.717, 1.165) is 12.2 Å². The van der Waals surface area contributed by atoms with Crippen LogP contribution in [0, 0.1) is 0 Å². The Morgan fingerprint density at radius 3 is 2.83 bits per heavy atom. The first-order chi connectivity index (χ1) is 8.53. The topological polar surface area (TPSA) is 41.1 Å². The second-order valence-corrected chi connectivity index (χ2v) is 5.73. The summed E-state index contributed by atoms with van der Waals surface area (Å²) in [5, 5.41) is 9.34. The Bertz CT molecular complexity index is 560. The van der Waals surface area contributed by atoms with Gasteiger partial charge in [0.05, 0.1) is 5.54 Å². The molecule has 0 spiro atoms. The fourth-order valence-electron chi connectivity index (χ4n) is 1.85. The van der Waals surface area contributed by atoms with Gasteiger partial charge in [0.2, 0.25) is 5.91 Å². The Labute approximate surface area is 111 Å². The van der Waals surface area contributed by atoms with Crippen molar-refractivity contribution in [2.24, 2.45) is 0 Å². The summed E-state index contributed by atoms with van der Waals surface area (Å²) in [5.74, 6) is -0.0149. The minimum Gasteiger partial charge on any atom is -0.324 e. The number of rotatable bonds is 4. The fraction of sp³-hybridized carbons (Fsp3) is 0.357. The van der Waals surface area contributed by atoms with Gasteiger partial charge in [-0.05, 0) is 55.4 Å². The maximum atomic E-state index is 12.1. The summed E-state index contributed by atoms with van der Waals surface area (Å²) >= 11 is 1.70. The number of hydrogen-bond donors (Lipinski definition) is 2. The van der Waals surface area contributed by atoms with Gasteiger partial charge < -0.3 is 10.6 Å². The number of nitrogens with one attached hydrogen (secondary N) is 2. The van der Waals surface area contributed by atoms with Crippen molar-refractivity contribution in [2.75, 3.05) is 11.9 Å². The lowest BCUT2D eigenvalue weighted by Crippen LogP contribution is -2.49. The number of amides is 1. The summed E-state index contributed by atoms with van der Waals surface area (Å²) in [7, 11) is 0. The molecule has 1 heterocycles. The molecular weight excluding hydrogens is 244 g/mol. The highest BCUT2D eigenvalue weighted by Gasteiger charge is 2.26. The van der Waals surface area contributed by atoms with Crippen LogP contribution in [0.1, 0.15) is 20.8 Å². The predicted octanol–water partition coefficient (Wildman–Crippen LogP) is 3.23. The van der Waals surface area contributed by atoms with Crippen LogP contribution < -0.4 is 10.6 Å². The summed E-state index contributed by atoms with van der Waals surface area (Å²) < 4.78 is 1.24. The van der Waals surface area contributed by atoms with E-state index in [2.05, 4.69) is 22.1 Å². The molecule has 2 rings (SSSR count). The van der Waals surface area contributed by atoms with Gasteiger partial charge in [-0.2, -0.15) is 0 Å². The Balaban J connectivity index is 2.15. The first kappa shape index (κ1) is 13.1. The van der Waals surface area contributed by atoms with E-state index >= 15 is 0 Å². The van der Waals surface area contributed by atoms with Crippen LogP contribution in [0.3, 0.4) is 0 Å². The monoisotopic (exact) mass is 262 g/mol. The average molecular weight is 262 g/mol. The lowest BCUT2D eigenvalue weighted by molar-refractivity contribution is -0.121. The second kappa shape index (κ2) is 5.08. The van der Waals surface area contributed by atoms with Gasteiger partial charge in [-0.25, -0.2) is 0 Å². The van der Waals surface area contributed by atoms with Crippen LogP contribution >= 0.6 is 11.3 Å². The van der Waals surface area contributed by atoms with Gasteiger partial charge in [-0.15, -0.1) is 11.3 Å². The molecule has 0 saturated carbocycles. The molecule has 0 aliphatic rings. The zero-order chi connectivity index (χ0) is 13.2. The van der Waals surface area contributed by atoms with E-state index in [0.29, 0.717) is 0 Å². The molecule has 96 valence electrons. The van der Waals surface area contributed by atoms with Gasteiger partial charge in [-0.1, -0.05) is 6.92 Å². The van der Waals surface area contributed by atoms with Crippen molar-refractivity contribution < 1.29 is 4.79 Å². The van der Waals surface area contributed by atoms with E-state index in [9.17, 15) is 4.79 Å². The van der Waals surface area contributed by atoms with Crippen molar-refractivity contribution in [3.63, 3.8) is 0 Å². The van der Waals surface area contributed by atoms with E-state index < -0.39 is 5.54 Å². The molecule has 0 atom stereocenters. The molecule has 0 radical (unpaired) electrons. The van der Waals surface area contributed by atoms with Crippen LogP contribution in [-0.4, -0.2) is 18.0 Å². The number of likely N-dealkylation sites (N-methyl/N-ethyl adjacent to an activating group) is 1. The number of carbonyl (C=O) groups is 1. The van der Waals surface area contributed by atoms with E-state index in [1.165, 1.54) is 10.1 Å². The molecule has 0 bridgehead atoms. The minimum atomic E-state index is -0.557. The van der Waals surface area contributed by atoms with E-state index in [4.69, 9.17) is 0 Å². The van der Waals surface area contributed by atoms with Crippen molar-refractivity contribution in [2.45, 2.75) is 26.3 Å². The third-order valence-corrected chi connectivity index (χ3v) is 3.79. The third kappa shape index (κ3) is 2.71. The normalized spacial score (nSPS) is 11.7. The van der Waals surface area contributed by atoms with Gasteiger partial charge in [0.15, 0.2) is 0 Å². The summed E-state index contributed by atoms with van der Waals surface area (Å²) in [6, 6.07) is 8.05. The lowest BCUT2D eigenvalue weighted by atomic mass is 10.0. The number of carbonyl (C=O) groups excluding carboxylic acids is 1. The molecule has 0 aliphatic heterocycles. The number of hydrogen-bond acceptors (Lipinski definition) is 3. The SMILES string of the molecule is CCNC(C)(C)C(=O)Nc1ccc2sccc2c1.